The molecular formula is C18H17N3O6. The Balaban J connectivity index is 1.56. The van der Waals surface area contributed by atoms with Crippen molar-refractivity contribution in [1.29, 1.82) is 0 Å². The van der Waals surface area contributed by atoms with Gasteiger partial charge in [-0.1, -0.05) is 17.3 Å². The first-order valence-electron chi connectivity index (χ1n) is 8.01. The van der Waals surface area contributed by atoms with E-state index < -0.39 is 5.91 Å². The van der Waals surface area contributed by atoms with E-state index in [1.54, 1.807) is 26.2 Å². The molecule has 0 unspecified atom stereocenters. The largest absolute Gasteiger partial charge is 0.497 e. The molecule has 9 heteroatoms. The van der Waals surface area contributed by atoms with Crippen LogP contribution in [0, 0.1) is 6.92 Å². The van der Waals surface area contributed by atoms with E-state index in [9.17, 15) is 9.59 Å². The lowest BCUT2D eigenvalue weighted by Crippen LogP contribution is -2.23. The number of carbonyl (C=O) groups excluding carboxylic acids is 1. The van der Waals surface area contributed by atoms with Crippen LogP contribution >= 0.6 is 0 Å². The molecule has 0 aliphatic carbocycles. The molecular weight excluding hydrogens is 354 g/mol. The molecule has 1 aromatic carbocycles. The Morgan fingerprint density at radius 2 is 2.00 bits per heavy atom. The Kier molecular flexibility index (Phi) is 5.50. The second-order valence-electron chi connectivity index (χ2n) is 5.51. The Labute approximate surface area is 153 Å². The van der Waals surface area contributed by atoms with Gasteiger partial charge >= 0.3 is 11.8 Å². The van der Waals surface area contributed by atoms with Crippen LogP contribution in [0.1, 0.15) is 27.8 Å². The molecule has 1 N–H and O–H groups in total. The van der Waals surface area contributed by atoms with Crippen LogP contribution in [0.25, 0.3) is 0 Å². The van der Waals surface area contributed by atoms with Crippen molar-refractivity contribution in [3.8, 4) is 11.5 Å². The fraction of sp³-hybridized carbons (Fsp3) is 0.222. The normalized spacial score (nSPS) is 10.4. The summed E-state index contributed by atoms with van der Waals surface area (Å²) in [5, 5.41) is 6.34. The van der Waals surface area contributed by atoms with Crippen LogP contribution in [0.4, 0.5) is 0 Å². The number of rotatable bonds is 7. The summed E-state index contributed by atoms with van der Waals surface area (Å²) in [7, 11) is 1.58. The van der Waals surface area contributed by atoms with Gasteiger partial charge in [0.05, 0.1) is 13.4 Å². The predicted octanol–water partition coefficient (Wildman–Crippen LogP) is 1.85. The van der Waals surface area contributed by atoms with E-state index in [0.29, 0.717) is 12.3 Å². The zero-order valence-corrected chi connectivity index (χ0v) is 14.7. The maximum atomic E-state index is 12.1. The Morgan fingerprint density at radius 3 is 2.70 bits per heavy atom. The number of hydrogen-bond donors (Lipinski definition) is 1. The summed E-state index contributed by atoms with van der Waals surface area (Å²) >= 11 is 0. The van der Waals surface area contributed by atoms with Crippen molar-refractivity contribution in [3.63, 3.8) is 0 Å². The molecule has 0 fully saturated rings. The average molecular weight is 371 g/mol. The summed E-state index contributed by atoms with van der Waals surface area (Å²) in [5.74, 6) is 0.553. The fourth-order valence-corrected chi connectivity index (χ4v) is 2.22. The first-order chi connectivity index (χ1) is 13.1. The van der Waals surface area contributed by atoms with Gasteiger partial charge in [-0.2, -0.15) is 4.98 Å². The van der Waals surface area contributed by atoms with E-state index in [2.05, 4.69) is 15.5 Å². The van der Waals surface area contributed by atoms with Gasteiger partial charge in [0.1, 0.15) is 11.5 Å². The third kappa shape index (κ3) is 4.51. The maximum absolute atomic E-state index is 12.1. The molecule has 0 aliphatic rings. The lowest BCUT2D eigenvalue weighted by molar-refractivity contribution is 0.0907. The van der Waals surface area contributed by atoms with E-state index in [1.807, 2.05) is 12.1 Å². The highest BCUT2D eigenvalue weighted by Gasteiger charge is 2.16. The number of carbonyl (C=O) groups is 1. The average Bonchev–Trinajstić information content (AvgIpc) is 3.15. The third-order valence-corrected chi connectivity index (χ3v) is 3.63. The van der Waals surface area contributed by atoms with Crippen molar-refractivity contribution < 1.29 is 23.2 Å². The summed E-state index contributed by atoms with van der Waals surface area (Å²) in [6.45, 7) is 1.76. The summed E-state index contributed by atoms with van der Waals surface area (Å²) in [4.78, 5) is 27.8. The first-order valence-corrected chi connectivity index (χ1v) is 8.01. The van der Waals surface area contributed by atoms with Crippen molar-refractivity contribution in [2.24, 2.45) is 0 Å². The third-order valence-electron chi connectivity index (χ3n) is 3.63. The summed E-state index contributed by atoms with van der Waals surface area (Å²) in [6.07, 6.45) is 1.28. The fourth-order valence-electron chi connectivity index (χ4n) is 2.22. The standard InChI is InChI=1S/C18H17N3O6/c1-11-16(14(22)7-8-25-11)26-10-15-20-18(27-21-15)17(23)19-9-12-3-5-13(24-2)6-4-12/h3-8H,9-10H2,1-2H3,(H,19,23). The molecule has 2 heterocycles. The second kappa shape index (κ2) is 8.17. The number of nitrogens with zero attached hydrogens (tertiary/aromatic N) is 2. The molecule has 1 amide bonds. The molecule has 0 aliphatic heterocycles. The zero-order valence-electron chi connectivity index (χ0n) is 14.7. The Morgan fingerprint density at radius 1 is 1.22 bits per heavy atom. The van der Waals surface area contributed by atoms with Crippen LogP contribution in [0.2, 0.25) is 0 Å². The first kappa shape index (κ1) is 18.2. The van der Waals surface area contributed by atoms with Crippen molar-refractivity contribution in [3.05, 3.63) is 69.9 Å². The molecule has 27 heavy (non-hydrogen) atoms. The van der Waals surface area contributed by atoms with Crippen LogP contribution in [0.15, 0.2) is 50.3 Å². The van der Waals surface area contributed by atoms with Gasteiger partial charge in [-0.25, -0.2) is 0 Å². The van der Waals surface area contributed by atoms with Gasteiger partial charge in [0.25, 0.3) is 0 Å². The van der Waals surface area contributed by atoms with Crippen LogP contribution in [0.3, 0.4) is 0 Å². The summed E-state index contributed by atoms with van der Waals surface area (Å²) in [5.41, 5.74) is 0.568. The number of methoxy groups -OCH3 is 1. The Bertz CT molecular complexity index is 977. The number of aryl methyl sites for hydroxylation is 1. The lowest BCUT2D eigenvalue weighted by Gasteiger charge is -2.04. The molecule has 140 valence electrons. The maximum Gasteiger partial charge on any atom is 0.316 e. The SMILES string of the molecule is COc1ccc(CNC(=O)c2nc(COc3c(C)occc3=O)no2)cc1. The van der Waals surface area contributed by atoms with Gasteiger partial charge in [-0.3, -0.25) is 9.59 Å². The van der Waals surface area contributed by atoms with E-state index >= 15 is 0 Å². The highest BCUT2D eigenvalue weighted by molar-refractivity contribution is 5.89. The van der Waals surface area contributed by atoms with E-state index in [1.165, 1.54) is 12.3 Å². The number of hydrogen-bond acceptors (Lipinski definition) is 8. The molecule has 9 nitrogen and oxygen atoms in total. The van der Waals surface area contributed by atoms with E-state index in [-0.39, 0.29) is 29.5 Å². The smallest absolute Gasteiger partial charge is 0.316 e. The van der Waals surface area contributed by atoms with E-state index in [0.717, 1.165) is 11.3 Å². The molecule has 2 aromatic heterocycles. The molecule has 0 saturated carbocycles. The van der Waals surface area contributed by atoms with Gasteiger partial charge < -0.3 is 23.7 Å². The quantitative estimate of drug-likeness (QED) is 0.669. The highest BCUT2D eigenvalue weighted by Crippen LogP contribution is 2.13. The zero-order chi connectivity index (χ0) is 19.2. The number of nitrogens with one attached hydrogen (secondary N) is 1. The van der Waals surface area contributed by atoms with Gasteiger partial charge in [0.2, 0.25) is 17.0 Å². The van der Waals surface area contributed by atoms with Crippen molar-refractivity contribution in [2.45, 2.75) is 20.1 Å². The molecule has 0 atom stereocenters. The predicted molar refractivity (Wildman–Crippen MR) is 92.5 cm³/mol. The number of ether oxygens (including phenoxy) is 2. The van der Waals surface area contributed by atoms with Crippen LogP contribution < -0.4 is 20.2 Å². The summed E-state index contributed by atoms with van der Waals surface area (Å²) < 4.78 is 20.5. The Hall–Kier alpha value is -3.62. The molecule has 3 aromatic rings. The van der Waals surface area contributed by atoms with Gasteiger partial charge in [0, 0.05) is 12.6 Å². The molecule has 0 bridgehead atoms. The van der Waals surface area contributed by atoms with Gasteiger partial charge in [-0.15, -0.1) is 0 Å². The monoisotopic (exact) mass is 371 g/mol. The van der Waals surface area contributed by atoms with Gasteiger partial charge in [0.15, 0.2) is 6.61 Å². The molecule has 0 radical (unpaired) electrons. The number of aromatic nitrogens is 2. The molecule has 3 rings (SSSR count). The van der Waals surface area contributed by atoms with Crippen molar-refractivity contribution in [1.82, 2.24) is 15.5 Å². The van der Waals surface area contributed by atoms with Crippen LogP contribution in [-0.4, -0.2) is 23.2 Å². The van der Waals surface area contributed by atoms with Crippen molar-refractivity contribution in [2.75, 3.05) is 7.11 Å². The van der Waals surface area contributed by atoms with Crippen molar-refractivity contribution >= 4 is 5.91 Å². The molecule has 0 spiro atoms. The lowest BCUT2D eigenvalue weighted by atomic mass is 10.2. The van der Waals surface area contributed by atoms with E-state index in [4.69, 9.17) is 18.4 Å². The summed E-state index contributed by atoms with van der Waals surface area (Å²) in [6, 6.07) is 8.51. The van der Waals surface area contributed by atoms with Gasteiger partial charge in [-0.05, 0) is 24.6 Å². The number of amides is 1. The minimum absolute atomic E-state index is 0.0628. The molecule has 0 saturated heterocycles. The minimum Gasteiger partial charge on any atom is -0.497 e. The van der Waals surface area contributed by atoms with Crippen LogP contribution in [0.5, 0.6) is 11.5 Å². The van der Waals surface area contributed by atoms with Crippen LogP contribution in [-0.2, 0) is 13.2 Å². The minimum atomic E-state index is -0.514. The second-order valence-corrected chi connectivity index (χ2v) is 5.51. The number of benzene rings is 1. The topological polar surface area (TPSA) is 117 Å². The highest BCUT2D eigenvalue weighted by atomic mass is 16.5.